The summed E-state index contributed by atoms with van der Waals surface area (Å²) in [5, 5.41) is 0. The van der Waals surface area contributed by atoms with Gasteiger partial charge in [-0.15, -0.1) is 0 Å². The second-order valence-electron chi connectivity index (χ2n) is 4.46. The lowest BCUT2D eigenvalue weighted by Crippen LogP contribution is -2.01. The van der Waals surface area contributed by atoms with Gasteiger partial charge in [-0.3, -0.25) is 4.79 Å². The fraction of sp³-hybridized carbons (Fsp3) is 0.643. The van der Waals surface area contributed by atoms with E-state index < -0.39 is 0 Å². The number of rotatable bonds is 8. The van der Waals surface area contributed by atoms with Gasteiger partial charge in [0.15, 0.2) is 5.78 Å². The van der Waals surface area contributed by atoms with Crippen molar-refractivity contribution in [2.24, 2.45) is 0 Å². The van der Waals surface area contributed by atoms with E-state index in [9.17, 15) is 4.79 Å². The van der Waals surface area contributed by atoms with Crippen LogP contribution in [0.1, 0.15) is 68.1 Å². The van der Waals surface area contributed by atoms with E-state index in [1.165, 1.54) is 25.7 Å². The summed E-state index contributed by atoms with van der Waals surface area (Å²) in [6, 6.07) is 0. The van der Waals surface area contributed by atoms with Crippen molar-refractivity contribution >= 4 is 5.78 Å². The van der Waals surface area contributed by atoms with Gasteiger partial charge in [-0.1, -0.05) is 39.0 Å². The lowest BCUT2D eigenvalue weighted by molar-refractivity contribution is 0.0978. The molecule has 3 nitrogen and oxygen atoms in total. The number of hydrogen-bond acceptors (Lipinski definition) is 3. The molecule has 0 bridgehead atoms. The second kappa shape index (κ2) is 7.93. The zero-order chi connectivity index (χ0) is 12.5. The van der Waals surface area contributed by atoms with Crippen LogP contribution in [0, 0.1) is 6.92 Å². The van der Waals surface area contributed by atoms with E-state index in [1.807, 2.05) is 6.92 Å². The Hall–Kier alpha value is -1.25. The summed E-state index contributed by atoms with van der Waals surface area (Å²) in [7, 11) is 0. The minimum Gasteiger partial charge on any atom is -0.294 e. The van der Waals surface area contributed by atoms with Crippen LogP contribution in [0.3, 0.4) is 0 Å². The molecule has 17 heavy (non-hydrogen) atoms. The molecule has 1 rings (SSSR count). The van der Waals surface area contributed by atoms with Gasteiger partial charge in [0.05, 0.1) is 5.56 Å². The summed E-state index contributed by atoms with van der Waals surface area (Å²) in [5.41, 5.74) is 0.643. The predicted molar refractivity (Wildman–Crippen MR) is 69.1 cm³/mol. The average Bonchev–Trinajstić information content (AvgIpc) is 2.34. The minimum atomic E-state index is 0.167. The first-order chi connectivity index (χ1) is 8.24. The van der Waals surface area contributed by atoms with Crippen molar-refractivity contribution in [3.05, 3.63) is 23.8 Å². The van der Waals surface area contributed by atoms with Crippen molar-refractivity contribution in [3.63, 3.8) is 0 Å². The first kappa shape index (κ1) is 13.8. The topological polar surface area (TPSA) is 42.9 Å². The van der Waals surface area contributed by atoms with Crippen LogP contribution in [0.2, 0.25) is 0 Å². The van der Waals surface area contributed by atoms with Gasteiger partial charge in [-0.2, -0.15) is 0 Å². The lowest BCUT2D eigenvalue weighted by atomic mass is 10.1. The zero-order valence-electron chi connectivity index (χ0n) is 10.9. The average molecular weight is 234 g/mol. The number of carbonyl (C=O) groups is 1. The van der Waals surface area contributed by atoms with Crippen LogP contribution in [0.25, 0.3) is 0 Å². The van der Waals surface area contributed by atoms with Crippen molar-refractivity contribution < 1.29 is 4.79 Å². The predicted octanol–water partition coefficient (Wildman–Crippen LogP) is 3.72. The highest BCUT2D eigenvalue weighted by atomic mass is 16.1. The van der Waals surface area contributed by atoms with Gasteiger partial charge in [0.1, 0.15) is 5.82 Å². The van der Waals surface area contributed by atoms with Gasteiger partial charge in [-0.25, -0.2) is 9.97 Å². The number of Topliss-reactive ketones (excluding diaryl/α,β-unsaturated/α-hetero) is 1. The van der Waals surface area contributed by atoms with E-state index in [4.69, 9.17) is 0 Å². The maximum absolute atomic E-state index is 11.8. The molecule has 1 aromatic rings. The Morgan fingerprint density at radius 1 is 1.06 bits per heavy atom. The largest absolute Gasteiger partial charge is 0.294 e. The van der Waals surface area contributed by atoms with Crippen LogP contribution in [0.4, 0.5) is 0 Å². The number of nitrogens with zero attached hydrogens (tertiary/aromatic N) is 2. The number of carbonyl (C=O) groups excluding carboxylic acids is 1. The highest BCUT2D eigenvalue weighted by molar-refractivity contribution is 5.95. The van der Waals surface area contributed by atoms with Gasteiger partial charge < -0.3 is 0 Å². The number of aromatic nitrogens is 2. The Kier molecular flexibility index (Phi) is 6.45. The quantitative estimate of drug-likeness (QED) is 0.508. The summed E-state index contributed by atoms with van der Waals surface area (Å²) in [6.07, 6.45) is 11.1. The molecule has 0 aromatic carbocycles. The standard InChI is InChI=1S/C14H22N2O/c1-3-4-5-6-7-8-9-14(17)13-10-15-12(2)16-11-13/h10-11H,3-9H2,1-2H3. The Labute approximate surface area is 104 Å². The van der Waals surface area contributed by atoms with E-state index in [2.05, 4.69) is 16.9 Å². The molecule has 0 fully saturated rings. The molecule has 0 aliphatic heterocycles. The van der Waals surface area contributed by atoms with E-state index in [0.29, 0.717) is 17.8 Å². The molecule has 0 radical (unpaired) electrons. The molecule has 1 heterocycles. The maximum atomic E-state index is 11.8. The molecular formula is C14H22N2O. The van der Waals surface area contributed by atoms with Crippen molar-refractivity contribution in [1.29, 1.82) is 0 Å². The second-order valence-corrected chi connectivity index (χ2v) is 4.46. The van der Waals surface area contributed by atoms with Crippen molar-refractivity contribution in [1.82, 2.24) is 9.97 Å². The van der Waals surface area contributed by atoms with Crippen LogP contribution in [0.15, 0.2) is 12.4 Å². The van der Waals surface area contributed by atoms with Gasteiger partial charge in [0.25, 0.3) is 0 Å². The number of aryl methyl sites for hydroxylation is 1. The molecule has 0 atom stereocenters. The van der Waals surface area contributed by atoms with Crippen molar-refractivity contribution in [2.75, 3.05) is 0 Å². The number of unbranched alkanes of at least 4 members (excludes halogenated alkanes) is 5. The molecule has 0 N–H and O–H groups in total. The van der Waals surface area contributed by atoms with Gasteiger partial charge in [0.2, 0.25) is 0 Å². The Morgan fingerprint density at radius 3 is 2.29 bits per heavy atom. The van der Waals surface area contributed by atoms with Crippen molar-refractivity contribution in [3.8, 4) is 0 Å². The molecule has 0 aliphatic rings. The summed E-state index contributed by atoms with van der Waals surface area (Å²) >= 11 is 0. The van der Waals surface area contributed by atoms with Crippen LogP contribution < -0.4 is 0 Å². The van der Waals surface area contributed by atoms with Gasteiger partial charge in [0, 0.05) is 18.8 Å². The van der Waals surface area contributed by atoms with Gasteiger partial charge >= 0.3 is 0 Å². The minimum absolute atomic E-state index is 0.167. The molecule has 0 unspecified atom stereocenters. The Bertz CT molecular complexity index is 333. The summed E-state index contributed by atoms with van der Waals surface area (Å²) in [5.74, 6) is 0.876. The van der Waals surface area contributed by atoms with E-state index in [0.717, 1.165) is 12.8 Å². The normalized spacial score (nSPS) is 10.5. The van der Waals surface area contributed by atoms with E-state index >= 15 is 0 Å². The molecule has 1 aromatic heterocycles. The van der Waals surface area contributed by atoms with E-state index in [-0.39, 0.29) is 5.78 Å². The summed E-state index contributed by atoms with van der Waals surface area (Å²) in [6.45, 7) is 4.03. The van der Waals surface area contributed by atoms with Crippen LogP contribution in [-0.4, -0.2) is 15.8 Å². The number of ketones is 1. The molecule has 0 aliphatic carbocycles. The molecule has 0 saturated carbocycles. The van der Waals surface area contributed by atoms with Crippen LogP contribution >= 0.6 is 0 Å². The number of hydrogen-bond donors (Lipinski definition) is 0. The first-order valence-electron chi connectivity index (χ1n) is 6.56. The maximum Gasteiger partial charge on any atom is 0.165 e. The molecule has 0 amide bonds. The Morgan fingerprint density at radius 2 is 1.65 bits per heavy atom. The third-order valence-corrected chi connectivity index (χ3v) is 2.86. The third-order valence-electron chi connectivity index (χ3n) is 2.86. The lowest BCUT2D eigenvalue weighted by Gasteiger charge is -2.01. The molecule has 3 heteroatoms. The Balaban J connectivity index is 2.19. The highest BCUT2D eigenvalue weighted by Crippen LogP contribution is 2.09. The van der Waals surface area contributed by atoms with E-state index in [1.54, 1.807) is 12.4 Å². The monoisotopic (exact) mass is 234 g/mol. The first-order valence-corrected chi connectivity index (χ1v) is 6.56. The molecule has 94 valence electrons. The highest BCUT2D eigenvalue weighted by Gasteiger charge is 2.05. The molecule has 0 spiro atoms. The van der Waals surface area contributed by atoms with Gasteiger partial charge in [-0.05, 0) is 13.3 Å². The zero-order valence-corrected chi connectivity index (χ0v) is 10.9. The van der Waals surface area contributed by atoms with Crippen molar-refractivity contribution in [2.45, 2.75) is 58.8 Å². The SMILES string of the molecule is CCCCCCCCC(=O)c1cnc(C)nc1. The summed E-state index contributed by atoms with van der Waals surface area (Å²) in [4.78, 5) is 19.8. The van der Waals surface area contributed by atoms with Crippen LogP contribution in [0.5, 0.6) is 0 Å². The fourth-order valence-electron chi connectivity index (χ4n) is 1.75. The smallest absolute Gasteiger partial charge is 0.165 e. The van der Waals surface area contributed by atoms with Crippen LogP contribution in [-0.2, 0) is 0 Å². The molecule has 0 saturated heterocycles. The summed E-state index contributed by atoms with van der Waals surface area (Å²) < 4.78 is 0. The third kappa shape index (κ3) is 5.57. The molecular weight excluding hydrogens is 212 g/mol. The fourth-order valence-corrected chi connectivity index (χ4v) is 1.75.